The van der Waals surface area contributed by atoms with Crippen LogP contribution < -0.4 is 5.32 Å². The van der Waals surface area contributed by atoms with Crippen molar-refractivity contribution in [1.82, 2.24) is 9.78 Å². The van der Waals surface area contributed by atoms with Gasteiger partial charge in [-0.3, -0.25) is 4.79 Å². The SMILES string of the molecule is O=C(CC1(O)CCCCC1)Nc1ccnn1C1CCCCC1. The minimum absolute atomic E-state index is 0.0954. The molecule has 2 aliphatic rings. The maximum Gasteiger partial charge on any atom is 0.228 e. The van der Waals surface area contributed by atoms with Crippen molar-refractivity contribution in [1.29, 1.82) is 0 Å². The lowest BCUT2D eigenvalue weighted by Gasteiger charge is -2.31. The number of aliphatic hydroxyl groups is 1. The van der Waals surface area contributed by atoms with Crippen LogP contribution in [-0.4, -0.2) is 26.4 Å². The second-order valence-corrected chi connectivity index (χ2v) is 6.96. The third-order valence-corrected chi connectivity index (χ3v) is 5.13. The van der Waals surface area contributed by atoms with Gasteiger partial charge in [-0.15, -0.1) is 0 Å². The van der Waals surface area contributed by atoms with Crippen LogP contribution in [0.2, 0.25) is 0 Å². The van der Waals surface area contributed by atoms with E-state index < -0.39 is 5.60 Å². The number of carbonyl (C=O) groups excluding carboxylic acids is 1. The van der Waals surface area contributed by atoms with Crippen LogP contribution in [0.5, 0.6) is 0 Å². The molecule has 122 valence electrons. The molecule has 0 aromatic carbocycles. The Morgan fingerprint density at radius 2 is 1.91 bits per heavy atom. The molecule has 0 unspecified atom stereocenters. The fourth-order valence-corrected chi connectivity index (χ4v) is 3.90. The van der Waals surface area contributed by atoms with Crippen molar-refractivity contribution in [3.05, 3.63) is 12.3 Å². The van der Waals surface area contributed by atoms with Gasteiger partial charge in [0.05, 0.1) is 24.3 Å². The van der Waals surface area contributed by atoms with Crippen LogP contribution in [0.4, 0.5) is 5.82 Å². The highest BCUT2D eigenvalue weighted by atomic mass is 16.3. The first-order valence-electron chi connectivity index (χ1n) is 8.72. The van der Waals surface area contributed by atoms with Gasteiger partial charge in [-0.2, -0.15) is 5.10 Å². The summed E-state index contributed by atoms with van der Waals surface area (Å²) in [5.74, 6) is 0.679. The highest BCUT2D eigenvalue weighted by molar-refractivity contribution is 5.90. The number of nitrogens with zero attached hydrogens (tertiary/aromatic N) is 2. The van der Waals surface area contributed by atoms with E-state index in [1.807, 2.05) is 10.7 Å². The van der Waals surface area contributed by atoms with Crippen LogP contribution in [0, 0.1) is 0 Å². The molecule has 0 aliphatic heterocycles. The minimum atomic E-state index is -0.808. The van der Waals surface area contributed by atoms with Gasteiger partial charge in [0.1, 0.15) is 5.82 Å². The summed E-state index contributed by atoms with van der Waals surface area (Å²) in [6.45, 7) is 0. The van der Waals surface area contributed by atoms with Crippen LogP contribution in [0.15, 0.2) is 12.3 Å². The van der Waals surface area contributed by atoms with Gasteiger partial charge in [0.25, 0.3) is 0 Å². The number of anilines is 1. The summed E-state index contributed by atoms with van der Waals surface area (Å²) < 4.78 is 1.96. The van der Waals surface area contributed by atoms with Crippen LogP contribution in [0.25, 0.3) is 0 Å². The fourth-order valence-electron chi connectivity index (χ4n) is 3.90. The Kier molecular flexibility index (Phi) is 4.81. The Hall–Kier alpha value is -1.36. The number of aromatic nitrogens is 2. The van der Waals surface area contributed by atoms with Gasteiger partial charge in [0.2, 0.25) is 5.91 Å². The number of amides is 1. The molecule has 1 aromatic heterocycles. The van der Waals surface area contributed by atoms with Gasteiger partial charge in [0, 0.05) is 6.07 Å². The van der Waals surface area contributed by atoms with Gasteiger partial charge in [-0.25, -0.2) is 4.68 Å². The highest BCUT2D eigenvalue weighted by Crippen LogP contribution is 2.32. The van der Waals surface area contributed by atoms with Crippen LogP contribution >= 0.6 is 0 Å². The van der Waals surface area contributed by atoms with E-state index in [1.54, 1.807) is 6.20 Å². The highest BCUT2D eigenvalue weighted by Gasteiger charge is 2.32. The molecule has 5 nitrogen and oxygen atoms in total. The molecule has 2 saturated carbocycles. The first-order chi connectivity index (χ1) is 10.7. The molecule has 2 aliphatic carbocycles. The van der Waals surface area contributed by atoms with Gasteiger partial charge < -0.3 is 10.4 Å². The molecule has 2 N–H and O–H groups in total. The van der Waals surface area contributed by atoms with E-state index >= 15 is 0 Å². The molecule has 3 rings (SSSR count). The Morgan fingerprint density at radius 1 is 1.23 bits per heavy atom. The first kappa shape index (κ1) is 15.5. The van der Waals surface area contributed by atoms with E-state index in [2.05, 4.69) is 10.4 Å². The standard InChI is InChI=1S/C17H27N3O2/c21-16(13-17(22)10-5-2-6-11-17)19-15-9-12-18-20(15)14-7-3-1-4-8-14/h9,12,14,22H,1-8,10-11,13H2,(H,19,21). The molecular weight excluding hydrogens is 278 g/mol. The molecular formula is C17H27N3O2. The summed E-state index contributed by atoms with van der Waals surface area (Å²) in [5.41, 5.74) is -0.808. The first-order valence-corrected chi connectivity index (χ1v) is 8.72. The van der Waals surface area contributed by atoms with Gasteiger partial charge in [-0.1, -0.05) is 38.5 Å². The third-order valence-electron chi connectivity index (χ3n) is 5.13. The zero-order chi connectivity index (χ0) is 15.4. The quantitative estimate of drug-likeness (QED) is 0.895. The van der Waals surface area contributed by atoms with Crippen LogP contribution in [0.3, 0.4) is 0 Å². The van der Waals surface area contributed by atoms with Gasteiger partial charge in [0.15, 0.2) is 0 Å². The second kappa shape index (κ2) is 6.82. The summed E-state index contributed by atoms with van der Waals surface area (Å²) in [4.78, 5) is 12.3. The predicted octanol–water partition coefficient (Wildman–Crippen LogP) is 3.41. The molecule has 1 amide bonds. The van der Waals surface area contributed by atoms with Crippen molar-refractivity contribution in [2.24, 2.45) is 0 Å². The fraction of sp³-hybridized carbons (Fsp3) is 0.765. The Morgan fingerprint density at radius 3 is 2.64 bits per heavy atom. The van der Waals surface area contributed by atoms with E-state index in [-0.39, 0.29) is 12.3 Å². The van der Waals surface area contributed by atoms with E-state index in [0.717, 1.165) is 44.3 Å². The van der Waals surface area contributed by atoms with E-state index in [1.165, 1.54) is 25.7 Å². The summed E-state index contributed by atoms with van der Waals surface area (Å²) >= 11 is 0. The molecule has 22 heavy (non-hydrogen) atoms. The Bertz CT molecular complexity index is 500. The average molecular weight is 305 g/mol. The molecule has 0 bridgehead atoms. The van der Waals surface area contributed by atoms with Crippen molar-refractivity contribution in [2.75, 3.05) is 5.32 Å². The maximum atomic E-state index is 12.3. The van der Waals surface area contributed by atoms with E-state index in [0.29, 0.717) is 6.04 Å². The van der Waals surface area contributed by atoms with Crippen LogP contribution in [-0.2, 0) is 4.79 Å². The van der Waals surface area contributed by atoms with Gasteiger partial charge in [-0.05, 0) is 25.7 Å². The lowest BCUT2D eigenvalue weighted by molar-refractivity contribution is -0.122. The van der Waals surface area contributed by atoms with Crippen molar-refractivity contribution in [3.63, 3.8) is 0 Å². The van der Waals surface area contributed by atoms with E-state index in [9.17, 15) is 9.90 Å². The van der Waals surface area contributed by atoms with E-state index in [4.69, 9.17) is 0 Å². The van der Waals surface area contributed by atoms with Crippen molar-refractivity contribution in [3.8, 4) is 0 Å². The molecule has 0 saturated heterocycles. The van der Waals surface area contributed by atoms with Gasteiger partial charge >= 0.3 is 0 Å². The maximum absolute atomic E-state index is 12.3. The van der Waals surface area contributed by atoms with Crippen molar-refractivity contribution in [2.45, 2.75) is 82.3 Å². The molecule has 1 aromatic rings. The lowest BCUT2D eigenvalue weighted by Crippen LogP contribution is -2.36. The predicted molar refractivity (Wildman–Crippen MR) is 85.6 cm³/mol. The number of rotatable bonds is 4. The Labute approximate surface area is 132 Å². The summed E-state index contributed by atoms with van der Waals surface area (Å²) in [5, 5.41) is 17.9. The Balaban J connectivity index is 1.60. The number of carbonyl (C=O) groups is 1. The van der Waals surface area contributed by atoms with Crippen molar-refractivity contribution >= 4 is 11.7 Å². The average Bonchev–Trinajstić information content (AvgIpc) is 2.96. The molecule has 1 heterocycles. The normalized spacial score (nSPS) is 22.4. The zero-order valence-electron chi connectivity index (χ0n) is 13.3. The number of hydrogen-bond acceptors (Lipinski definition) is 3. The monoisotopic (exact) mass is 305 g/mol. The lowest BCUT2D eigenvalue weighted by atomic mass is 9.82. The third kappa shape index (κ3) is 3.69. The molecule has 0 radical (unpaired) electrons. The summed E-state index contributed by atoms with van der Waals surface area (Å²) in [6, 6.07) is 2.26. The second-order valence-electron chi connectivity index (χ2n) is 6.96. The van der Waals surface area contributed by atoms with Crippen molar-refractivity contribution < 1.29 is 9.90 Å². The van der Waals surface area contributed by atoms with Crippen LogP contribution in [0.1, 0.15) is 76.7 Å². The largest absolute Gasteiger partial charge is 0.389 e. The molecule has 0 spiro atoms. The summed E-state index contributed by atoms with van der Waals surface area (Å²) in [6.07, 6.45) is 12.7. The minimum Gasteiger partial charge on any atom is -0.389 e. The number of nitrogens with one attached hydrogen (secondary N) is 1. The number of hydrogen-bond donors (Lipinski definition) is 2. The summed E-state index contributed by atoms with van der Waals surface area (Å²) in [7, 11) is 0. The molecule has 0 atom stereocenters. The zero-order valence-corrected chi connectivity index (χ0v) is 13.3. The molecule has 2 fully saturated rings. The smallest absolute Gasteiger partial charge is 0.228 e. The molecule has 5 heteroatoms. The topological polar surface area (TPSA) is 67.2 Å².